The molecular weight excluding hydrogens is 400 g/mol. The molecule has 0 bridgehead atoms. The number of hydrogen-bond acceptors (Lipinski definition) is 4. The summed E-state index contributed by atoms with van der Waals surface area (Å²) >= 11 is 6.45. The van der Waals surface area contributed by atoms with Gasteiger partial charge >= 0.3 is 0 Å². The largest absolute Gasteiger partial charge is 0.450 e. The van der Waals surface area contributed by atoms with Gasteiger partial charge in [-0.25, -0.2) is 0 Å². The molecule has 0 saturated carbocycles. The standard InChI is InChI=1S/C24H25ClN2O3/c1-15-9-10-18-21(28)13-22(30-23(18)16(15)2)24(29)26-14-20(27-11-5-6-12-27)17-7-3-4-8-19(17)25/h3-4,7-10,13,20H,5-6,11-12,14H2,1-2H3,(H,26,29)/t20-/m0/s1. The van der Waals surface area contributed by atoms with E-state index >= 15 is 0 Å². The lowest BCUT2D eigenvalue weighted by Crippen LogP contribution is -2.37. The Kier molecular flexibility index (Phi) is 5.93. The van der Waals surface area contributed by atoms with E-state index in [1.54, 1.807) is 6.07 Å². The lowest BCUT2D eigenvalue weighted by atomic mass is 10.0. The van der Waals surface area contributed by atoms with Gasteiger partial charge in [-0.3, -0.25) is 14.5 Å². The summed E-state index contributed by atoms with van der Waals surface area (Å²) in [5.74, 6) is -0.369. The zero-order chi connectivity index (χ0) is 21.3. The molecule has 1 aromatic heterocycles. The highest BCUT2D eigenvalue weighted by Gasteiger charge is 2.26. The van der Waals surface area contributed by atoms with Crippen LogP contribution in [0, 0.1) is 13.8 Å². The maximum absolute atomic E-state index is 12.9. The fourth-order valence-corrected chi connectivity index (χ4v) is 4.34. The molecule has 1 amide bonds. The van der Waals surface area contributed by atoms with Crippen LogP contribution in [0.3, 0.4) is 0 Å². The molecule has 1 saturated heterocycles. The van der Waals surface area contributed by atoms with E-state index in [2.05, 4.69) is 10.2 Å². The Hall–Kier alpha value is -2.63. The van der Waals surface area contributed by atoms with Gasteiger partial charge in [0.05, 0.1) is 11.4 Å². The second-order valence-corrected chi connectivity index (χ2v) is 8.26. The lowest BCUT2D eigenvalue weighted by Gasteiger charge is -2.28. The number of likely N-dealkylation sites (tertiary alicyclic amines) is 1. The van der Waals surface area contributed by atoms with E-state index in [0.29, 0.717) is 22.5 Å². The average molecular weight is 425 g/mol. The first kappa shape index (κ1) is 20.6. The predicted octanol–water partition coefficient (Wildman–Crippen LogP) is 4.63. The third kappa shape index (κ3) is 4.00. The van der Waals surface area contributed by atoms with Gasteiger partial charge in [-0.1, -0.05) is 35.9 Å². The summed E-state index contributed by atoms with van der Waals surface area (Å²) in [4.78, 5) is 27.7. The van der Waals surface area contributed by atoms with E-state index in [0.717, 1.165) is 42.6 Å². The summed E-state index contributed by atoms with van der Waals surface area (Å²) in [6.45, 7) is 6.16. The molecule has 6 heteroatoms. The van der Waals surface area contributed by atoms with Gasteiger partial charge < -0.3 is 9.73 Å². The number of aryl methyl sites for hydroxylation is 2. The molecule has 0 aliphatic carbocycles. The number of carbonyl (C=O) groups excluding carboxylic acids is 1. The van der Waals surface area contributed by atoms with E-state index < -0.39 is 5.91 Å². The van der Waals surface area contributed by atoms with E-state index in [-0.39, 0.29) is 17.2 Å². The van der Waals surface area contributed by atoms with E-state index in [9.17, 15) is 9.59 Å². The Labute approximate surface area is 180 Å². The molecule has 1 N–H and O–H groups in total. The molecule has 30 heavy (non-hydrogen) atoms. The maximum atomic E-state index is 12.9. The summed E-state index contributed by atoms with van der Waals surface area (Å²) in [6, 6.07) is 12.6. The minimum atomic E-state index is -0.397. The summed E-state index contributed by atoms with van der Waals surface area (Å²) in [7, 11) is 0. The Morgan fingerprint density at radius 2 is 1.90 bits per heavy atom. The SMILES string of the molecule is Cc1ccc2c(=O)cc(C(=O)NC[C@@H](c3ccccc3Cl)N3CCCC3)oc2c1C. The zero-order valence-electron chi connectivity index (χ0n) is 17.2. The van der Waals surface area contributed by atoms with Crippen LogP contribution < -0.4 is 10.7 Å². The molecule has 2 heterocycles. The summed E-state index contributed by atoms with van der Waals surface area (Å²) in [5, 5.41) is 4.13. The number of carbonyl (C=O) groups is 1. The van der Waals surface area contributed by atoms with Crippen LogP contribution in [-0.2, 0) is 0 Å². The van der Waals surface area contributed by atoms with Gasteiger partial charge in [-0.05, 0) is 68.6 Å². The van der Waals surface area contributed by atoms with Crippen molar-refractivity contribution in [2.75, 3.05) is 19.6 Å². The molecule has 156 valence electrons. The van der Waals surface area contributed by atoms with Crippen LogP contribution in [-0.4, -0.2) is 30.4 Å². The molecule has 1 atom stereocenters. The minimum Gasteiger partial charge on any atom is -0.450 e. The number of fused-ring (bicyclic) bond motifs is 1. The van der Waals surface area contributed by atoms with Crippen molar-refractivity contribution in [3.8, 4) is 0 Å². The van der Waals surface area contributed by atoms with Gasteiger partial charge in [0, 0.05) is 17.6 Å². The molecule has 1 fully saturated rings. The number of benzene rings is 2. The smallest absolute Gasteiger partial charge is 0.287 e. The average Bonchev–Trinajstić information content (AvgIpc) is 3.26. The number of nitrogens with one attached hydrogen (secondary N) is 1. The van der Waals surface area contributed by atoms with Crippen molar-refractivity contribution in [3.63, 3.8) is 0 Å². The van der Waals surface area contributed by atoms with Crippen molar-refractivity contribution < 1.29 is 9.21 Å². The lowest BCUT2D eigenvalue weighted by molar-refractivity contribution is 0.0910. The van der Waals surface area contributed by atoms with Crippen LogP contribution in [0.15, 0.2) is 51.7 Å². The fraction of sp³-hybridized carbons (Fsp3) is 0.333. The number of amides is 1. The number of hydrogen-bond donors (Lipinski definition) is 1. The molecule has 3 aromatic rings. The molecule has 0 radical (unpaired) electrons. The third-order valence-electron chi connectivity index (χ3n) is 5.94. The van der Waals surface area contributed by atoms with Crippen LogP contribution in [0.25, 0.3) is 11.0 Å². The van der Waals surface area contributed by atoms with Gasteiger partial charge in [-0.2, -0.15) is 0 Å². The van der Waals surface area contributed by atoms with Crippen LogP contribution >= 0.6 is 11.6 Å². The summed E-state index contributed by atoms with van der Waals surface area (Å²) in [5.41, 5.74) is 3.12. The first-order valence-corrected chi connectivity index (χ1v) is 10.6. The van der Waals surface area contributed by atoms with E-state index in [4.69, 9.17) is 16.0 Å². The van der Waals surface area contributed by atoms with E-state index in [1.165, 1.54) is 6.07 Å². The van der Waals surface area contributed by atoms with Gasteiger partial charge in [0.25, 0.3) is 5.91 Å². The molecule has 4 rings (SSSR count). The summed E-state index contributed by atoms with van der Waals surface area (Å²) in [6.07, 6.45) is 2.26. The zero-order valence-corrected chi connectivity index (χ0v) is 18.0. The Morgan fingerprint density at radius 1 is 1.17 bits per heavy atom. The highest BCUT2D eigenvalue weighted by Crippen LogP contribution is 2.30. The number of nitrogens with zero attached hydrogens (tertiary/aromatic N) is 1. The predicted molar refractivity (Wildman–Crippen MR) is 119 cm³/mol. The summed E-state index contributed by atoms with van der Waals surface area (Å²) < 4.78 is 5.85. The van der Waals surface area contributed by atoms with Crippen LogP contribution in [0.1, 0.15) is 46.1 Å². The quantitative estimate of drug-likeness (QED) is 0.648. The Balaban J connectivity index is 1.60. The first-order valence-electron chi connectivity index (χ1n) is 10.3. The van der Waals surface area contributed by atoms with Crippen LogP contribution in [0.5, 0.6) is 0 Å². The second kappa shape index (κ2) is 8.62. The maximum Gasteiger partial charge on any atom is 0.287 e. The van der Waals surface area contributed by atoms with E-state index in [1.807, 2.05) is 44.2 Å². The molecule has 0 unspecified atom stereocenters. The van der Waals surface area contributed by atoms with Crippen LogP contribution in [0.2, 0.25) is 5.02 Å². The topological polar surface area (TPSA) is 62.6 Å². The molecule has 1 aliphatic rings. The van der Waals surface area contributed by atoms with Gasteiger partial charge in [-0.15, -0.1) is 0 Å². The molecule has 2 aromatic carbocycles. The third-order valence-corrected chi connectivity index (χ3v) is 6.29. The molecule has 0 spiro atoms. The molecule has 1 aliphatic heterocycles. The van der Waals surface area contributed by atoms with Gasteiger partial charge in [0.1, 0.15) is 5.58 Å². The Morgan fingerprint density at radius 3 is 2.63 bits per heavy atom. The molecular formula is C24H25ClN2O3. The Bertz CT molecular complexity index is 1150. The number of halogens is 1. The van der Waals surface area contributed by atoms with Crippen molar-refractivity contribution in [2.45, 2.75) is 32.7 Å². The highest BCUT2D eigenvalue weighted by atomic mass is 35.5. The van der Waals surface area contributed by atoms with Crippen LogP contribution in [0.4, 0.5) is 0 Å². The normalized spacial score (nSPS) is 15.4. The van der Waals surface area contributed by atoms with Gasteiger partial charge in [0.2, 0.25) is 0 Å². The monoisotopic (exact) mass is 424 g/mol. The van der Waals surface area contributed by atoms with Crippen molar-refractivity contribution in [3.05, 3.63) is 80.2 Å². The highest BCUT2D eigenvalue weighted by molar-refractivity contribution is 6.31. The molecule has 5 nitrogen and oxygen atoms in total. The minimum absolute atomic E-state index is 0.0266. The first-order chi connectivity index (χ1) is 14.5. The van der Waals surface area contributed by atoms with Crippen molar-refractivity contribution in [2.24, 2.45) is 0 Å². The van der Waals surface area contributed by atoms with Crippen molar-refractivity contribution in [1.82, 2.24) is 10.2 Å². The van der Waals surface area contributed by atoms with Gasteiger partial charge in [0.15, 0.2) is 11.2 Å². The number of rotatable bonds is 5. The second-order valence-electron chi connectivity index (χ2n) is 7.85. The fourth-order valence-electron chi connectivity index (χ4n) is 4.07. The van der Waals surface area contributed by atoms with Crippen molar-refractivity contribution >= 4 is 28.5 Å². The van der Waals surface area contributed by atoms with Crippen molar-refractivity contribution in [1.29, 1.82) is 0 Å².